The van der Waals surface area contributed by atoms with Crippen LogP contribution in [-0.4, -0.2) is 18.1 Å². The minimum absolute atomic E-state index is 0.406. The van der Waals surface area contributed by atoms with E-state index in [-0.39, 0.29) is 0 Å². The van der Waals surface area contributed by atoms with E-state index >= 15 is 0 Å². The number of rotatable bonds is 7. The van der Waals surface area contributed by atoms with E-state index in [1.165, 1.54) is 32.1 Å². The molecule has 0 spiro atoms. The molecular weight excluding hydrogens is 336 g/mol. The monoisotopic (exact) mass is 360 g/mol. The van der Waals surface area contributed by atoms with E-state index in [9.17, 15) is 0 Å². The fourth-order valence-electron chi connectivity index (χ4n) is 3.22. The third-order valence-corrected chi connectivity index (χ3v) is 4.88. The van der Waals surface area contributed by atoms with E-state index in [1.807, 2.05) is 24.3 Å². The molecule has 3 rings (SSSR count). The molecule has 1 fully saturated rings. The highest BCUT2D eigenvalue weighted by molar-refractivity contribution is 6.32. The van der Waals surface area contributed by atoms with Gasteiger partial charge in [0.25, 0.3) is 0 Å². The molecule has 0 saturated heterocycles. The van der Waals surface area contributed by atoms with E-state index in [0.717, 1.165) is 17.7 Å². The molecule has 0 atom stereocenters. The number of halogens is 1. The Balaban J connectivity index is 1.65. The number of nitrogens with zero attached hydrogens (tertiary/aromatic N) is 1. The Morgan fingerprint density at radius 3 is 2.76 bits per heavy atom. The number of aromatic nitrogens is 1. The van der Waals surface area contributed by atoms with Crippen LogP contribution >= 0.6 is 11.6 Å². The molecule has 1 heterocycles. The average Bonchev–Trinajstić information content (AvgIpc) is 2.66. The molecule has 4 nitrogen and oxygen atoms in total. The minimum Gasteiger partial charge on any atom is -0.493 e. The first-order valence-corrected chi connectivity index (χ1v) is 9.25. The normalized spacial score (nSPS) is 15.1. The van der Waals surface area contributed by atoms with Gasteiger partial charge in [-0.05, 0) is 36.6 Å². The summed E-state index contributed by atoms with van der Waals surface area (Å²) in [6.45, 7) is 1.20. The van der Waals surface area contributed by atoms with Crippen molar-refractivity contribution in [3.05, 3.63) is 52.8 Å². The van der Waals surface area contributed by atoms with E-state index in [2.05, 4.69) is 10.3 Å². The van der Waals surface area contributed by atoms with Crippen molar-refractivity contribution in [2.45, 2.75) is 51.3 Å². The van der Waals surface area contributed by atoms with Crippen molar-refractivity contribution in [2.75, 3.05) is 7.11 Å². The summed E-state index contributed by atoms with van der Waals surface area (Å²) in [7, 11) is 1.64. The van der Waals surface area contributed by atoms with Crippen molar-refractivity contribution in [1.29, 1.82) is 0 Å². The SMILES string of the molecule is COc1cc(CNC2CCCCC2)cc(Cl)c1OCc1cccnc1. The molecule has 25 heavy (non-hydrogen) atoms. The number of hydrogen-bond acceptors (Lipinski definition) is 4. The van der Waals surface area contributed by atoms with Crippen LogP contribution in [0.15, 0.2) is 36.7 Å². The molecule has 1 aromatic carbocycles. The van der Waals surface area contributed by atoms with Gasteiger partial charge in [-0.15, -0.1) is 0 Å². The first-order valence-electron chi connectivity index (χ1n) is 8.88. The lowest BCUT2D eigenvalue weighted by Crippen LogP contribution is -2.30. The molecule has 1 aliphatic carbocycles. The minimum atomic E-state index is 0.406. The second kappa shape index (κ2) is 9.07. The van der Waals surface area contributed by atoms with Gasteiger partial charge in [0.1, 0.15) is 6.61 Å². The molecule has 0 amide bonds. The van der Waals surface area contributed by atoms with Crippen LogP contribution in [0.1, 0.15) is 43.2 Å². The molecule has 1 saturated carbocycles. The third kappa shape index (κ3) is 5.10. The average molecular weight is 361 g/mol. The molecule has 0 aliphatic heterocycles. The van der Waals surface area contributed by atoms with Crippen molar-refractivity contribution in [2.24, 2.45) is 0 Å². The standard InChI is InChI=1S/C20H25ClN2O2/c1-24-19-11-16(13-23-17-7-3-2-4-8-17)10-18(21)20(19)25-14-15-6-5-9-22-12-15/h5-6,9-12,17,23H,2-4,7-8,13-14H2,1H3. The van der Waals surface area contributed by atoms with Gasteiger partial charge in [0.15, 0.2) is 11.5 Å². The van der Waals surface area contributed by atoms with E-state index in [0.29, 0.717) is 29.2 Å². The van der Waals surface area contributed by atoms with E-state index < -0.39 is 0 Å². The summed E-state index contributed by atoms with van der Waals surface area (Å²) in [6.07, 6.45) is 10.1. The van der Waals surface area contributed by atoms with E-state index in [1.54, 1.807) is 19.5 Å². The maximum atomic E-state index is 6.45. The van der Waals surface area contributed by atoms with Gasteiger partial charge in [0, 0.05) is 30.5 Å². The predicted molar refractivity (Wildman–Crippen MR) is 100 cm³/mol. The second-order valence-electron chi connectivity index (χ2n) is 6.47. The van der Waals surface area contributed by atoms with Gasteiger partial charge in [-0.25, -0.2) is 0 Å². The Labute approximate surface area is 154 Å². The molecule has 0 radical (unpaired) electrons. The van der Waals surface area contributed by atoms with Crippen molar-refractivity contribution >= 4 is 11.6 Å². The Hall–Kier alpha value is -1.78. The molecule has 0 unspecified atom stereocenters. The first-order chi connectivity index (χ1) is 12.3. The number of hydrogen-bond donors (Lipinski definition) is 1. The molecule has 0 bridgehead atoms. The fraction of sp³-hybridized carbons (Fsp3) is 0.450. The fourth-order valence-corrected chi connectivity index (χ4v) is 3.51. The predicted octanol–water partition coefficient (Wildman–Crippen LogP) is 4.74. The van der Waals surface area contributed by atoms with Crippen LogP contribution in [0.3, 0.4) is 0 Å². The molecule has 1 N–H and O–H groups in total. The Bertz CT molecular complexity index is 673. The van der Waals surface area contributed by atoms with Crippen LogP contribution in [-0.2, 0) is 13.2 Å². The smallest absolute Gasteiger partial charge is 0.180 e. The Morgan fingerprint density at radius 2 is 2.04 bits per heavy atom. The van der Waals surface area contributed by atoms with Crippen LogP contribution in [0.2, 0.25) is 5.02 Å². The van der Waals surface area contributed by atoms with Crippen molar-refractivity contribution in [1.82, 2.24) is 10.3 Å². The van der Waals surface area contributed by atoms with Gasteiger partial charge in [-0.3, -0.25) is 4.98 Å². The molecule has 1 aromatic heterocycles. The highest BCUT2D eigenvalue weighted by atomic mass is 35.5. The molecule has 2 aromatic rings. The number of pyridine rings is 1. The summed E-state index contributed by atoms with van der Waals surface area (Å²) >= 11 is 6.45. The molecular formula is C20H25ClN2O2. The number of benzene rings is 1. The third-order valence-electron chi connectivity index (χ3n) is 4.60. The zero-order chi connectivity index (χ0) is 17.5. The Kier molecular flexibility index (Phi) is 6.54. The lowest BCUT2D eigenvalue weighted by atomic mass is 9.95. The lowest BCUT2D eigenvalue weighted by molar-refractivity contribution is 0.284. The summed E-state index contributed by atoms with van der Waals surface area (Å²) in [5, 5.41) is 4.20. The highest BCUT2D eigenvalue weighted by Crippen LogP contribution is 2.37. The van der Waals surface area contributed by atoms with Gasteiger partial charge in [-0.1, -0.05) is 36.9 Å². The first kappa shape index (κ1) is 18.0. The molecule has 134 valence electrons. The van der Waals surface area contributed by atoms with Gasteiger partial charge >= 0.3 is 0 Å². The van der Waals surface area contributed by atoms with Crippen LogP contribution in [0.5, 0.6) is 11.5 Å². The van der Waals surface area contributed by atoms with E-state index in [4.69, 9.17) is 21.1 Å². The van der Waals surface area contributed by atoms with Crippen LogP contribution in [0, 0.1) is 0 Å². The van der Waals surface area contributed by atoms with Crippen LogP contribution in [0.4, 0.5) is 0 Å². The lowest BCUT2D eigenvalue weighted by Gasteiger charge is -2.23. The van der Waals surface area contributed by atoms with Crippen molar-refractivity contribution in [3.8, 4) is 11.5 Å². The molecule has 1 aliphatic rings. The van der Waals surface area contributed by atoms with Crippen LogP contribution in [0.25, 0.3) is 0 Å². The van der Waals surface area contributed by atoms with Gasteiger partial charge in [0.05, 0.1) is 12.1 Å². The number of nitrogens with one attached hydrogen (secondary N) is 1. The van der Waals surface area contributed by atoms with Gasteiger partial charge in [0.2, 0.25) is 0 Å². The highest BCUT2D eigenvalue weighted by Gasteiger charge is 2.15. The molecule has 5 heteroatoms. The summed E-state index contributed by atoms with van der Waals surface area (Å²) in [6, 6.07) is 8.42. The largest absolute Gasteiger partial charge is 0.493 e. The maximum Gasteiger partial charge on any atom is 0.180 e. The summed E-state index contributed by atoms with van der Waals surface area (Å²) < 4.78 is 11.4. The maximum absolute atomic E-state index is 6.45. The zero-order valence-corrected chi connectivity index (χ0v) is 15.4. The summed E-state index contributed by atoms with van der Waals surface area (Å²) in [5.41, 5.74) is 2.10. The van der Waals surface area contributed by atoms with Crippen molar-refractivity contribution in [3.63, 3.8) is 0 Å². The van der Waals surface area contributed by atoms with Crippen LogP contribution < -0.4 is 14.8 Å². The number of ether oxygens (including phenoxy) is 2. The topological polar surface area (TPSA) is 43.4 Å². The van der Waals surface area contributed by atoms with Gasteiger partial charge < -0.3 is 14.8 Å². The second-order valence-corrected chi connectivity index (χ2v) is 6.88. The van der Waals surface area contributed by atoms with Gasteiger partial charge in [-0.2, -0.15) is 0 Å². The summed E-state index contributed by atoms with van der Waals surface area (Å²) in [5.74, 6) is 1.24. The Morgan fingerprint density at radius 1 is 1.20 bits per heavy atom. The summed E-state index contributed by atoms with van der Waals surface area (Å²) in [4.78, 5) is 4.09. The van der Waals surface area contributed by atoms with Crippen molar-refractivity contribution < 1.29 is 9.47 Å². The quantitative estimate of drug-likeness (QED) is 0.774. The zero-order valence-electron chi connectivity index (χ0n) is 14.6. The number of methoxy groups -OCH3 is 1.